The van der Waals surface area contributed by atoms with Gasteiger partial charge in [0.1, 0.15) is 0 Å². The van der Waals surface area contributed by atoms with Gasteiger partial charge in [0.05, 0.1) is 11.4 Å². The highest BCUT2D eigenvalue weighted by Gasteiger charge is 2.34. The van der Waals surface area contributed by atoms with Gasteiger partial charge in [-0.25, -0.2) is 0 Å². The topological polar surface area (TPSA) is 25.2 Å². The van der Waals surface area contributed by atoms with Gasteiger partial charge in [-0.1, -0.05) is 41.5 Å². The zero-order chi connectivity index (χ0) is 12.8. The Bertz CT molecular complexity index is 459. The molecule has 1 aromatic rings. The van der Waals surface area contributed by atoms with Crippen molar-refractivity contribution in [1.29, 1.82) is 0 Å². The SMILES string of the molecule is CC(C)(C)c1ccnc2c1N=CC2C(C)(C)C. The Morgan fingerprint density at radius 2 is 1.71 bits per heavy atom. The summed E-state index contributed by atoms with van der Waals surface area (Å²) in [6.45, 7) is 13.4. The standard InChI is InChI=1S/C15H22N2/c1-14(2,3)10-7-8-16-13-11(15(4,5)6)9-17-12(10)13/h7-9,11H,1-6H3. The lowest BCUT2D eigenvalue weighted by molar-refractivity contribution is 0.385. The van der Waals surface area contributed by atoms with Crippen molar-refractivity contribution in [2.75, 3.05) is 0 Å². The Labute approximate surface area is 104 Å². The summed E-state index contributed by atoms with van der Waals surface area (Å²) in [6, 6.07) is 2.10. The summed E-state index contributed by atoms with van der Waals surface area (Å²) in [4.78, 5) is 9.18. The van der Waals surface area contributed by atoms with Crippen LogP contribution in [-0.2, 0) is 5.41 Å². The third kappa shape index (κ3) is 2.13. The second-order valence-electron chi connectivity index (χ2n) is 6.96. The van der Waals surface area contributed by atoms with E-state index in [1.54, 1.807) is 0 Å². The minimum Gasteiger partial charge on any atom is -0.258 e. The number of nitrogens with zero attached hydrogens (tertiary/aromatic N) is 2. The van der Waals surface area contributed by atoms with E-state index in [0.29, 0.717) is 5.92 Å². The van der Waals surface area contributed by atoms with Crippen molar-refractivity contribution in [3.63, 3.8) is 0 Å². The Kier molecular flexibility index (Phi) is 2.64. The number of aromatic nitrogens is 1. The fourth-order valence-corrected chi connectivity index (χ4v) is 2.29. The van der Waals surface area contributed by atoms with Crippen LogP contribution in [0.1, 0.15) is 58.7 Å². The molecule has 0 radical (unpaired) electrons. The molecule has 0 aromatic carbocycles. The van der Waals surface area contributed by atoms with Gasteiger partial charge >= 0.3 is 0 Å². The van der Waals surface area contributed by atoms with Gasteiger partial charge in [-0.05, 0) is 22.5 Å². The first kappa shape index (κ1) is 12.3. The monoisotopic (exact) mass is 230 g/mol. The lowest BCUT2D eigenvalue weighted by Gasteiger charge is -2.26. The van der Waals surface area contributed by atoms with E-state index < -0.39 is 0 Å². The molecule has 1 aromatic heterocycles. The van der Waals surface area contributed by atoms with Crippen molar-refractivity contribution in [3.8, 4) is 0 Å². The first-order valence-electron chi connectivity index (χ1n) is 6.25. The Balaban J connectivity index is 2.55. The third-order valence-electron chi connectivity index (χ3n) is 3.34. The molecule has 1 atom stereocenters. The van der Waals surface area contributed by atoms with Crippen molar-refractivity contribution in [2.24, 2.45) is 10.4 Å². The highest BCUT2D eigenvalue weighted by atomic mass is 14.9. The van der Waals surface area contributed by atoms with Crippen molar-refractivity contribution >= 4 is 11.9 Å². The Morgan fingerprint density at radius 1 is 1.06 bits per heavy atom. The van der Waals surface area contributed by atoms with Crippen LogP contribution in [0, 0.1) is 5.41 Å². The number of rotatable bonds is 0. The fraction of sp³-hybridized carbons (Fsp3) is 0.600. The quantitative estimate of drug-likeness (QED) is 0.655. The van der Waals surface area contributed by atoms with Gasteiger partial charge in [-0.3, -0.25) is 9.98 Å². The van der Waals surface area contributed by atoms with E-state index in [4.69, 9.17) is 0 Å². The number of pyridine rings is 1. The molecular weight excluding hydrogens is 208 g/mol. The number of hydrogen-bond donors (Lipinski definition) is 0. The summed E-state index contributed by atoms with van der Waals surface area (Å²) < 4.78 is 0. The van der Waals surface area contributed by atoms with Gasteiger partial charge in [0, 0.05) is 18.3 Å². The molecule has 2 nitrogen and oxygen atoms in total. The molecular formula is C15H22N2. The molecule has 0 saturated heterocycles. The molecule has 0 spiro atoms. The summed E-state index contributed by atoms with van der Waals surface area (Å²) in [6.07, 6.45) is 3.99. The summed E-state index contributed by atoms with van der Waals surface area (Å²) in [5.41, 5.74) is 3.84. The van der Waals surface area contributed by atoms with Gasteiger partial charge < -0.3 is 0 Å². The van der Waals surface area contributed by atoms with Crippen LogP contribution in [0.3, 0.4) is 0 Å². The van der Waals surface area contributed by atoms with E-state index >= 15 is 0 Å². The summed E-state index contributed by atoms with van der Waals surface area (Å²) in [5, 5.41) is 0. The van der Waals surface area contributed by atoms with Crippen LogP contribution in [-0.4, -0.2) is 11.2 Å². The zero-order valence-corrected chi connectivity index (χ0v) is 11.7. The van der Waals surface area contributed by atoms with Crippen LogP contribution in [0.25, 0.3) is 0 Å². The molecule has 2 heteroatoms. The Morgan fingerprint density at radius 3 is 2.24 bits per heavy atom. The van der Waals surface area contributed by atoms with Crippen LogP contribution in [0.5, 0.6) is 0 Å². The Hall–Kier alpha value is -1.18. The predicted molar refractivity (Wildman–Crippen MR) is 73.3 cm³/mol. The van der Waals surface area contributed by atoms with E-state index in [1.165, 1.54) is 5.56 Å². The molecule has 0 aliphatic carbocycles. The molecule has 2 rings (SSSR count). The van der Waals surface area contributed by atoms with E-state index in [1.807, 2.05) is 6.20 Å². The first-order valence-corrected chi connectivity index (χ1v) is 6.25. The lowest BCUT2D eigenvalue weighted by Crippen LogP contribution is -2.19. The molecule has 0 N–H and O–H groups in total. The van der Waals surface area contributed by atoms with Gasteiger partial charge in [-0.2, -0.15) is 0 Å². The van der Waals surface area contributed by atoms with E-state index in [2.05, 4.69) is 63.8 Å². The van der Waals surface area contributed by atoms with Gasteiger partial charge in [0.2, 0.25) is 0 Å². The summed E-state index contributed by atoms with van der Waals surface area (Å²) in [7, 11) is 0. The van der Waals surface area contributed by atoms with Crippen molar-refractivity contribution in [2.45, 2.75) is 52.9 Å². The molecule has 17 heavy (non-hydrogen) atoms. The summed E-state index contributed by atoms with van der Waals surface area (Å²) in [5.74, 6) is 0.333. The molecule has 0 bridgehead atoms. The molecule has 0 saturated carbocycles. The highest BCUT2D eigenvalue weighted by molar-refractivity contribution is 5.81. The van der Waals surface area contributed by atoms with Crippen molar-refractivity contribution in [3.05, 3.63) is 23.5 Å². The van der Waals surface area contributed by atoms with Crippen LogP contribution >= 0.6 is 0 Å². The average molecular weight is 230 g/mol. The van der Waals surface area contributed by atoms with Crippen LogP contribution in [0.2, 0.25) is 0 Å². The molecule has 1 aliphatic rings. The number of fused-ring (bicyclic) bond motifs is 1. The molecule has 1 unspecified atom stereocenters. The number of hydrogen-bond acceptors (Lipinski definition) is 2. The molecule has 92 valence electrons. The van der Waals surface area contributed by atoms with E-state index in [9.17, 15) is 0 Å². The largest absolute Gasteiger partial charge is 0.258 e. The second kappa shape index (κ2) is 3.66. The number of aliphatic imine (C=N–C) groups is 1. The van der Waals surface area contributed by atoms with Gasteiger partial charge in [0.15, 0.2) is 0 Å². The lowest BCUT2D eigenvalue weighted by atomic mass is 9.78. The smallest absolute Gasteiger partial charge is 0.0885 e. The minimum absolute atomic E-state index is 0.122. The fourth-order valence-electron chi connectivity index (χ4n) is 2.29. The highest BCUT2D eigenvalue weighted by Crippen LogP contribution is 2.45. The van der Waals surface area contributed by atoms with Gasteiger partial charge in [-0.15, -0.1) is 0 Å². The maximum absolute atomic E-state index is 4.63. The first-order chi connectivity index (χ1) is 7.71. The molecule has 1 aliphatic heterocycles. The molecule has 0 amide bonds. The minimum atomic E-state index is 0.122. The van der Waals surface area contributed by atoms with E-state index in [0.717, 1.165) is 11.4 Å². The zero-order valence-electron chi connectivity index (χ0n) is 11.7. The summed E-state index contributed by atoms with van der Waals surface area (Å²) >= 11 is 0. The van der Waals surface area contributed by atoms with Crippen LogP contribution in [0.4, 0.5) is 5.69 Å². The third-order valence-corrected chi connectivity index (χ3v) is 3.34. The maximum Gasteiger partial charge on any atom is 0.0885 e. The van der Waals surface area contributed by atoms with Crippen molar-refractivity contribution < 1.29 is 0 Å². The predicted octanol–water partition coefficient (Wildman–Crippen LogP) is 4.22. The maximum atomic E-state index is 4.63. The second-order valence-corrected chi connectivity index (χ2v) is 6.96. The normalized spacial score (nSPS) is 19.5. The van der Waals surface area contributed by atoms with E-state index in [-0.39, 0.29) is 10.8 Å². The van der Waals surface area contributed by atoms with Crippen LogP contribution < -0.4 is 0 Å². The van der Waals surface area contributed by atoms with Gasteiger partial charge in [0.25, 0.3) is 0 Å². The molecule has 0 fully saturated rings. The van der Waals surface area contributed by atoms with Crippen molar-refractivity contribution in [1.82, 2.24) is 4.98 Å². The molecule has 2 heterocycles. The van der Waals surface area contributed by atoms with Crippen LogP contribution in [0.15, 0.2) is 17.3 Å². The average Bonchev–Trinajstić information content (AvgIpc) is 2.57.